The second-order valence-corrected chi connectivity index (χ2v) is 9.84. The lowest BCUT2D eigenvalue weighted by Crippen LogP contribution is -2.65. The normalized spacial score (nSPS) is 47.5. The monoisotopic (exact) mass is 380 g/mol. The van der Waals surface area contributed by atoms with Gasteiger partial charge in [0.1, 0.15) is 6.10 Å². The van der Waals surface area contributed by atoms with Crippen molar-refractivity contribution in [2.24, 2.45) is 22.7 Å². The van der Waals surface area contributed by atoms with Gasteiger partial charge in [-0.2, -0.15) is 0 Å². The van der Waals surface area contributed by atoms with Crippen molar-refractivity contribution in [2.75, 3.05) is 7.11 Å². The van der Waals surface area contributed by atoms with Gasteiger partial charge in [-0.1, -0.05) is 27.2 Å². The Morgan fingerprint density at radius 1 is 1.07 bits per heavy atom. The Kier molecular flexibility index (Phi) is 4.39. The molecule has 4 aliphatic rings. The molecule has 1 spiro atoms. The Morgan fingerprint density at radius 3 is 2.48 bits per heavy atom. The molecular weight excluding hydrogens is 348 g/mol. The summed E-state index contributed by atoms with van der Waals surface area (Å²) in [4.78, 5) is 24.1. The third kappa shape index (κ3) is 2.74. The summed E-state index contributed by atoms with van der Waals surface area (Å²) in [5.74, 6) is -1.07. The van der Waals surface area contributed by atoms with Gasteiger partial charge < -0.3 is 18.9 Å². The van der Waals surface area contributed by atoms with Crippen molar-refractivity contribution >= 4 is 11.9 Å². The van der Waals surface area contributed by atoms with Crippen molar-refractivity contribution in [2.45, 2.75) is 90.3 Å². The van der Waals surface area contributed by atoms with Gasteiger partial charge in [0.05, 0.1) is 13.2 Å². The zero-order valence-electron chi connectivity index (χ0n) is 17.1. The average molecular weight is 380 g/mol. The number of rotatable bonds is 2. The number of esters is 2. The van der Waals surface area contributed by atoms with Crippen LogP contribution in [-0.2, 0) is 28.5 Å². The van der Waals surface area contributed by atoms with E-state index < -0.39 is 11.9 Å². The first-order valence-corrected chi connectivity index (χ1v) is 10.2. The molecule has 0 unspecified atom stereocenters. The SMILES string of the molecule is COC(=O)[C@@H]1O[C@@]23C[C@H](OC(C)=O)[C@H]4C(C)(C)CCC[C@@]4(C)[C@H]2CC[C@H]1O3. The van der Waals surface area contributed by atoms with E-state index in [4.69, 9.17) is 18.9 Å². The highest BCUT2D eigenvalue weighted by molar-refractivity contribution is 5.75. The molecule has 0 radical (unpaired) electrons. The van der Waals surface area contributed by atoms with Crippen molar-refractivity contribution in [1.29, 1.82) is 0 Å². The van der Waals surface area contributed by atoms with Crippen molar-refractivity contribution in [1.82, 2.24) is 0 Å². The summed E-state index contributed by atoms with van der Waals surface area (Å²) in [6, 6.07) is 0. The standard InChI is InChI=1S/C21H32O6/c1-12(22)25-14-11-21-15(20(4)10-6-9-19(2,3)17(14)20)8-7-13(26-21)16(27-21)18(23)24-5/h13-17H,6-11H2,1-5H3/t13-,14+,15-,16-,17+,20+,21+/m1/s1. The van der Waals surface area contributed by atoms with E-state index in [1.54, 1.807) is 0 Å². The van der Waals surface area contributed by atoms with Gasteiger partial charge >= 0.3 is 11.9 Å². The molecule has 2 bridgehead atoms. The quantitative estimate of drug-likeness (QED) is 0.685. The highest BCUT2D eigenvalue weighted by Gasteiger charge is 2.70. The molecule has 0 aromatic rings. The maximum absolute atomic E-state index is 12.2. The maximum atomic E-state index is 12.2. The second kappa shape index (κ2) is 6.18. The molecule has 0 aromatic heterocycles. The van der Waals surface area contributed by atoms with Crippen LogP contribution in [0.25, 0.3) is 0 Å². The highest BCUT2D eigenvalue weighted by atomic mass is 16.8. The third-order valence-electron chi connectivity index (χ3n) is 7.78. The average Bonchev–Trinajstić information content (AvgIpc) is 2.83. The van der Waals surface area contributed by atoms with Crippen molar-refractivity contribution in [3.8, 4) is 0 Å². The number of carbonyl (C=O) groups excluding carboxylic acids is 2. The molecule has 2 saturated heterocycles. The lowest BCUT2D eigenvalue weighted by atomic mass is 9.45. The van der Waals surface area contributed by atoms with Crippen molar-refractivity contribution in [3.63, 3.8) is 0 Å². The van der Waals surface area contributed by atoms with Gasteiger partial charge in [-0.15, -0.1) is 0 Å². The van der Waals surface area contributed by atoms with Crippen molar-refractivity contribution < 1.29 is 28.5 Å². The van der Waals surface area contributed by atoms with E-state index in [1.165, 1.54) is 14.0 Å². The minimum absolute atomic E-state index is 0.0594. The maximum Gasteiger partial charge on any atom is 0.337 e. The van der Waals surface area contributed by atoms with Gasteiger partial charge in [0.25, 0.3) is 0 Å². The van der Waals surface area contributed by atoms with E-state index >= 15 is 0 Å². The fourth-order valence-corrected chi connectivity index (χ4v) is 7.12. The lowest BCUT2D eigenvalue weighted by molar-refractivity contribution is -0.318. The summed E-state index contributed by atoms with van der Waals surface area (Å²) in [6.07, 6.45) is 4.35. The molecule has 0 N–H and O–H groups in total. The molecule has 2 aliphatic heterocycles. The van der Waals surface area contributed by atoms with Gasteiger partial charge in [-0.05, 0) is 36.5 Å². The Bertz CT molecular complexity index is 645. The molecular formula is C21H32O6. The van der Waals surface area contributed by atoms with Crippen LogP contribution in [0.4, 0.5) is 0 Å². The lowest BCUT2D eigenvalue weighted by Gasteiger charge is -2.64. The first-order valence-electron chi connectivity index (χ1n) is 10.2. The van der Waals surface area contributed by atoms with E-state index in [2.05, 4.69) is 20.8 Å². The number of methoxy groups -OCH3 is 1. The summed E-state index contributed by atoms with van der Waals surface area (Å²) in [7, 11) is 1.38. The van der Waals surface area contributed by atoms with E-state index in [-0.39, 0.29) is 46.8 Å². The third-order valence-corrected chi connectivity index (χ3v) is 7.78. The van der Waals surface area contributed by atoms with Crippen LogP contribution in [0.5, 0.6) is 0 Å². The predicted octanol–water partition coefficient (Wildman–Crippen LogP) is 3.22. The van der Waals surface area contributed by atoms with Gasteiger partial charge in [0.15, 0.2) is 11.9 Å². The molecule has 6 nitrogen and oxygen atoms in total. The Labute approximate surface area is 161 Å². The van der Waals surface area contributed by atoms with Crippen LogP contribution in [0.3, 0.4) is 0 Å². The highest BCUT2D eigenvalue weighted by Crippen LogP contribution is 2.67. The molecule has 4 rings (SSSR count). The van der Waals surface area contributed by atoms with Gasteiger partial charge in [-0.25, -0.2) is 4.79 Å². The predicted molar refractivity (Wildman–Crippen MR) is 96.6 cm³/mol. The van der Waals surface area contributed by atoms with Crippen LogP contribution in [0.2, 0.25) is 0 Å². The number of fused-ring (bicyclic) bond motifs is 3. The van der Waals surface area contributed by atoms with Crippen LogP contribution in [0.1, 0.15) is 66.2 Å². The fraction of sp³-hybridized carbons (Fsp3) is 0.905. The van der Waals surface area contributed by atoms with Gasteiger partial charge in [-0.3, -0.25) is 4.79 Å². The van der Waals surface area contributed by atoms with Crippen LogP contribution < -0.4 is 0 Å². The molecule has 2 aliphatic carbocycles. The van der Waals surface area contributed by atoms with Crippen LogP contribution >= 0.6 is 0 Å². The molecule has 7 atom stereocenters. The first-order chi connectivity index (χ1) is 12.6. The van der Waals surface area contributed by atoms with Crippen LogP contribution in [0, 0.1) is 22.7 Å². The molecule has 27 heavy (non-hydrogen) atoms. The van der Waals surface area contributed by atoms with Crippen LogP contribution in [0.15, 0.2) is 0 Å². The van der Waals surface area contributed by atoms with E-state index in [0.717, 1.165) is 32.1 Å². The molecule has 0 amide bonds. The molecule has 0 aromatic carbocycles. The zero-order valence-corrected chi connectivity index (χ0v) is 17.1. The molecule has 2 heterocycles. The minimum atomic E-state index is -0.861. The zero-order chi connectivity index (χ0) is 19.6. The second-order valence-electron chi connectivity index (χ2n) is 9.84. The Balaban J connectivity index is 1.75. The molecule has 6 heteroatoms. The minimum Gasteiger partial charge on any atom is -0.467 e. The number of hydrogen-bond acceptors (Lipinski definition) is 6. The molecule has 2 saturated carbocycles. The molecule has 4 fully saturated rings. The van der Waals surface area contributed by atoms with Crippen molar-refractivity contribution in [3.05, 3.63) is 0 Å². The Hall–Kier alpha value is -1.14. The Morgan fingerprint density at radius 2 is 1.81 bits per heavy atom. The summed E-state index contributed by atoms with van der Waals surface area (Å²) in [5, 5.41) is 0. The van der Waals surface area contributed by atoms with Gasteiger partial charge in [0.2, 0.25) is 0 Å². The van der Waals surface area contributed by atoms with Gasteiger partial charge in [0, 0.05) is 25.2 Å². The summed E-state index contributed by atoms with van der Waals surface area (Å²) >= 11 is 0. The smallest absolute Gasteiger partial charge is 0.337 e. The van der Waals surface area contributed by atoms with E-state index in [0.29, 0.717) is 6.42 Å². The number of carbonyl (C=O) groups is 2. The summed E-state index contributed by atoms with van der Waals surface area (Å²) in [5.41, 5.74) is 0.0159. The number of ether oxygens (including phenoxy) is 4. The largest absolute Gasteiger partial charge is 0.467 e. The van der Waals surface area contributed by atoms with E-state index in [1.807, 2.05) is 0 Å². The number of hydrogen-bond donors (Lipinski definition) is 0. The van der Waals surface area contributed by atoms with E-state index in [9.17, 15) is 9.59 Å². The first kappa shape index (κ1) is 19.2. The molecule has 152 valence electrons. The fourth-order valence-electron chi connectivity index (χ4n) is 7.12. The summed E-state index contributed by atoms with van der Waals surface area (Å²) in [6.45, 7) is 8.37. The summed E-state index contributed by atoms with van der Waals surface area (Å²) < 4.78 is 23.5. The topological polar surface area (TPSA) is 71.1 Å². The van der Waals surface area contributed by atoms with Crippen LogP contribution in [-0.4, -0.2) is 43.1 Å².